The standard InChI is InChI=1S/C12H21N3O/c1-10(2)8-14-9-11-4-3-6-15(11)7-5-12(13)16/h3-4,6,10,14H,5,7-9H2,1-2H3,(H2,13,16). The summed E-state index contributed by atoms with van der Waals surface area (Å²) in [5.41, 5.74) is 6.33. The first kappa shape index (κ1) is 12.8. The number of nitrogens with one attached hydrogen (secondary N) is 1. The molecular weight excluding hydrogens is 202 g/mol. The van der Waals surface area contributed by atoms with Gasteiger partial charge in [0.25, 0.3) is 0 Å². The highest BCUT2D eigenvalue weighted by Crippen LogP contribution is 2.03. The number of aryl methyl sites for hydroxylation is 1. The molecule has 0 radical (unpaired) electrons. The molecule has 1 heterocycles. The summed E-state index contributed by atoms with van der Waals surface area (Å²) < 4.78 is 2.07. The van der Waals surface area contributed by atoms with Crippen LogP contribution in [0.2, 0.25) is 0 Å². The van der Waals surface area contributed by atoms with Gasteiger partial charge in [0.05, 0.1) is 0 Å². The van der Waals surface area contributed by atoms with Gasteiger partial charge in [-0.1, -0.05) is 13.8 Å². The van der Waals surface area contributed by atoms with Gasteiger partial charge in [-0.15, -0.1) is 0 Å². The molecule has 1 amide bonds. The maximum Gasteiger partial charge on any atom is 0.219 e. The lowest BCUT2D eigenvalue weighted by Crippen LogP contribution is -2.21. The van der Waals surface area contributed by atoms with Crippen LogP contribution in [0.4, 0.5) is 0 Å². The third kappa shape index (κ3) is 4.49. The summed E-state index contributed by atoms with van der Waals surface area (Å²) in [6.07, 6.45) is 2.38. The summed E-state index contributed by atoms with van der Waals surface area (Å²) in [7, 11) is 0. The lowest BCUT2D eigenvalue weighted by molar-refractivity contribution is -0.118. The molecule has 1 aromatic rings. The predicted molar refractivity (Wildman–Crippen MR) is 64.8 cm³/mol. The normalized spacial score (nSPS) is 10.9. The third-order valence-electron chi connectivity index (χ3n) is 2.38. The molecule has 1 aromatic heterocycles. The van der Waals surface area contributed by atoms with Crippen molar-refractivity contribution in [3.63, 3.8) is 0 Å². The van der Waals surface area contributed by atoms with Crippen LogP contribution >= 0.6 is 0 Å². The van der Waals surface area contributed by atoms with E-state index in [-0.39, 0.29) is 5.91 Å². The van der Waals surface area contributed by atoms with Crippen molar-refractivity contribution < 1.29 is 4.79 Å². The third-order valence-corrected chi connectivity index (χ3v) is 2.38. The fourth-order valence-corrected chi connectivity index (χ4v) is 1.55. The van der Waals surface area contributed by atoms with Crippen molar-refractivity contribution in [2.45, 2.75) is 33.4 Å². The van der Waals surface area contributed by atoms with Crippen LogP contribution in [0.1, 0.15) is 26.0 Å². The maximum absolute atomic E-state index is 10.7. The van der Waals surface area contributed by atoms with Gasteiger partial charge in [0.15, 0.2) is 0 Å². The summed E-state index contributed by atoms with van der Waals surface area (Å²) in [6.45, 7) is 6.87. The van der Waals surface area contributed by atoms with Crippen LogP contribution in [0, 0.1) is 5.92 Å². The highest BCUT2D eigenvalue weighted by Gasteiger charge is 2.02. The number of hydrogen-bond acceptors (Lipinski definition) is 2. The molecule has 0 saturated heterocycles. The van der Waals surface area contributed by atoms with Crippen LogP contribution in [-0.4, -0.2) is 17.0 Å². The Bertz CT molecular complexity index is 331. The average molecular weight is 223 g/mol. The zero-order valence-corrected chi connectivity index (χ0v) is 10.1. The topological polar surface area (TPSA) is 60.1 Å². The molecule has 0 aromatic carbocycles. The second-order valence-electron chi connectivity index (χ2n) is 4.43. The lowest BCUT2D eigenvalue weighted by atomic mass is 10.2. The van der Waals surface area contributed by atoms with Gasteiger partial charge in [-0.2, -0.15) is 0 Å². The van der Waals surface area contributed by atoms with Crippen LogP contribution in [-0.2, 0) is 17.9 Å². The fraction of sp³-hybridized carbons (Fsp3) is 0.583. The molecule has 4 heteroatoms. The molecule has 0 bridgehead atoms. The van der Waals surface area contributed by atoms with Crippen LogP contribution in [0.5, 0.6) is 0 Å². The van der Waals surface area contributed by atoms with Crippen molar-refractivity contribution in [1.29, 1.82) is 0 Å². The summed E-state index contributed by atoms with van der Waals surface area (Å²) in [5.74, 6) is 0.392. The van der Waals surface area contributed by atoms with Crippen molar-refractivity contribution in [3.8, 4) is 0 Å². The Morgan fingerprint density at radius 3 is 2.94 bits per heavy atom. The van der Waals surface area contributed by atoms with Crippen molar-refractivity contribution in [2.24, 2.45) is 11.7 Å². The number of carbonyl (C=O) groups excluding carboxylic acids is 1. The summed E-state index contributed by atoms with van der Waals surface area (Å²) in [5, 5.41) is 3.38. The number of rotatable bonds is 7. The Morgan fingerprint density at radius 1 is 1.56 bits per heavy atom. The van der Waals surface area contributed by atoms with E-state index in [1.54, 1.807) is 0 Å². The lowest BCUT2D eigenvalue weighted by Gasteiger charge is -2.10. The van der Waals surface area contributed by atoms with Crippen LogP contribution in [0.15, 0.2) is 18.3 Å². The Hall–Kier alpha value is -1.29. The van der Waals surface area contributed by atoms with E-state index in [9.17, 15) is 4.79 Å². The molecule has 0 unspecified atom stereocenters. The molecule has 4 nitrogen and oxygen atoms in total. The number of carbonyl (C=O) groups is 1. The van der Waals surface area contributed by atoms with E-state index in [1.165, 1.54) is 5.69 Å². The SMILES string of the molecule is CC(C)CNCc1cccn1CCC(N)=O. The Balaban J connectivity index is 2.40. The van der Waals surface area contributed by atoms with Crippen molar-refractivity contribution in [3.05, 3.63) is 24.0 Å². The van der Waals surface area contributed by atoms with Gasteiger partial charge in [-0.05, 0) is 24.6 Å². The molecule has 1 rings (SSSR count). The van der Waals surface area contributed by atoms with E-state index in [2.05, 4.69) is 29.8 Å². The van der Waals surface area contributed by atoms with Gasteiger partial charge in [0.1, 0.15) is 0 Å². The molecule has 16 heavy (non-hydrogen) atoms. The Labute approximate surface area is 96.8 Å². The molecule has 0 spiro atoms. The minimum atomic E-state index is -0.255. The summed E-state index contributed by atoms with van der Waals surface area (Å²) >= 11 is 0. The monoisotopic (exact) mass is 223 g/mol. The first-order valence-electron chi connectivity index (χ1n) is 5.72. The van der Waals surface area contributed by atoms with E-state index in [4.69, 9.17) is 5.73 Å². The number of primary amides is 1. The van der Waals surface area contributed by atoms with Gasteiger partial charge >= 0.3 is 0 Å². The fourth-order valence-electron chi connectivity index (χ4n) is 1.55. The van der Waals surface area contributed by atoms with Crippen molar-refractivity contribution in [1.82, 2.24) is 9.88 Å². The highest BCUT2D eigenvalue weighted by molar-refractivity contribution is 5.73. The average Bonchev–Trinajstić information content (AvgIpc) is 2.62. The van der Waals surface area contributed by atoms with E-state index >= 15 is 0 Å². The smallest absolute Gasteiger partial charge is 0.219 e. The highest BCUT2D eigenvalue weighted by atomic mass is 16.1. The molecule has 90 valence electrons. The van der Waals surface area contributed by atoms with Gasteiger partial charge in [-0.25, -0.2) is 0 Å². The van der Waals surface area contributed by atoms with E-state index < -0.39 is 0 Å². The Kier molecular flexibility index (Phi) is 5.05. The zero-order chi connectivity index (χ0) is 12.0. The molecule has 0 saturated carbocycles. The number of aromatic nitrogens is 1. The number of amides is 1. The largest absolute Gasteiger partial charge is 0.370 e. The summed E-state index contributed by atoms with van der Waals surface area (Å²) in [4.78, 5) is 10.7. The molecule has 3 N–H and O–H groups in total. The zero-order valence-electron chi connectivity index (χ0n) is 10.1. The minimum Gasteiger partial charge on any atom is -0.370 e. The molecule has 0 fully saturated rings. The number of hydrogen-bond donors (Lipinski definition) is 2. The van der Waals surface area contributed by atoms with Crippen LogP contribution < -0.4 is 11.1 Å². The summed E-state index contributed by atoms with van der Waals surface area (Å²) in [6, 6.07) is 4.06. The van der Waals surface area contributed by atoms with Gasteiger partial charge in [-0.3, -0.25) is 4.79 Å². The molecule has 0 aliphatic carbocycles. The van der Waals surface area contributed by atoms with E-state index in [0.717, 1.165) is 13.1 Å². The van der Waals surface area contributed by atoms with Crippen molar-refractivity contribution >= 4 is 5.91 Å². The molecule has 0 aliphatic rings. The van der Waals surface area contributed by atoms with Gasteiger partial charge < -0.3 is 15.6 Å². The molecule has 0 aliphatic heterocycles. The van der Waals surface area contributed by atoms with E-state index in [1.807, 2.05) is 12.3 Å². The van der Waals surface area contributed by atoms with Crippen molar-refractivity contribution in [2.75, 3.05) is 6.54 Å². The first-order valence-corrected chi connectivity index (χ1v) is 5.72. The second kappa shape index (κ2) is 6.33. The minimum absolute atomic E-state index is 0.255. The van der Waals surface area contributed by atoms with Gasteiger partial charge in [0, 0.05) is 31.4 Å². The number of nitrogens with zero attached hydrogens (tertiary/aromatic N) is 1. The van der Waals surface area contributed by atoms with Crippen LogP contribution in [0.25, 0.3) is 0 Å². The van der Waals surface area contributed by atoms with Crippen LogP contribution in [0.3, 0.4) is 0 Å². The maximum atomic E-state index is 10.7. The van der Waals surface area contributed by atoms with Gasteiger partial charge in [0.2, 0.25) is 5.91 Å². The quantitative estimate of drug-likeness (QED) is 0.727. The molecular formula is C12H21N3O. The second-order valence-corrected chi connectivity index (χ2v) is 4.43. The predicted octanol–water partition coefficient (Wildman–Crippen LogP) is 1.11. The van der Waals surface area contributed by atoms with E-state index in [0.29, 0.717) is 18.9 Å². The molecule has 0 atom stereocenters. The Morgan fingerprint density at radius 2 is 2.31 bits per heavy atom. The number of nitrogens with two attached hydrogens (primary N) is 1. The first-order chi connectivity index (χ1) is 7.59.